The maximum Gasteiger partial charge on any atom is 0.306 e. The minimum absolute atomic E-state index is 0.0253. The second kappa shape index (κ2) is 12.0. The van der Waals surface area contributed by atoms with Crippen molar-refractivity contribution >= 4 is 23.3 Å². The molecule has 0 radical (unpaired) electrons. The molecular formula is C27H30FN5O3. The first kappa shape index (κ1) is 26.4. The number of hydrogen-bond donors (Lipinski definition) is 2. The van der Waals surface area contributed by atoms with Crippen LogP contribution in [0.25, 0.3) is 0 Å². The van der Waals surface area contributed by atoms with Gasteiger partial charge in [0, 0.05) is 30.4 Å². The molecule has 0 bridgehead atoms. The average Bonchev–Trinajstić information content (AvgIpc) is 2.84. The van der Waals surface area contributed by atoms with Crippen molar-refractivity contribution in [3.63, 3.8) is 0 Å². The molecule has 36 heavy (non-hydrogen) atoms. The SMILES string of the molecule is COc1cc(Nc2nc(N[C@@H](CCC(=O)OC(C)(C)C)Cc3ccccc3)c(F)cc2C#N)ccn1. The van der Waals surface area contributed by atoms with Crippen LogP contribution < -0.4 is 15.4 Å². The topological polar surface area (TPSA) is 109 Å². The van der Waals surface area contributed by atoms with Crippen LogP contribution in [0.5, 0.6) is 5.88 Å². The number of carbonyl (C=O) groups is 1. The van der Waals surface area contributed by atoms with E-state index in [1.165, 1.54) is 7.11 Å². The van der Waals surface area contributed by atoms with Crippen LogP contribution in [0.1, 0.15) is 44.7 Å². The zero-order valence-corrected chi connectivity index (χ0v) is 20.8. The lowest BCUT2D eigenvalue weighted by Crippen LogP contribution is -2.28. The van der Waals surface area contributed by atoms with Crippen LogP contribution in [0.15, 0.2) is 54.7 Å². The highest BCUT2D eigenvalue weighted by molar-refractivity contribution is 5.70. The fourth-order valence-electron chi connectivity index (χ4n) is 3.51. The molecule has 0 aliphatic carbocycles. The van der Waals surface area contributed by atoms with Gasteiger partial charge in [-0.15, -0.1) is 0 Å². The van der Waals surface area contributed by atoms with E-state index >= 15 is 0 Å². The van der Waals surface area contributed by atoms with E-state index in [0.717, 1.165) is 11.6 Å². The van der Waals surface area contributed by atoms with Gasteiger partial charge in [0.15, 0.2) is 17.5 Å². The summed E-state index contributed by atoms with van der Waals surface area (Å²) in [5, 5.41) is 15.7. The van der Waals surface area contributed by atoms with Crippen LogP contribution in [-0.4, -0.2) is 34.7 Å². The maximum absolute atomic E-state index is 15.0. The Morgan fingerprint density at radius 3 is 2.58 bits per heavy atom. The van der Waals surface area contributed by atoms with Crippen LogP contribution in [-0.2, 0) is 16.0 Å². The van der Waals surface area contributed by atoms with Crippen molar-refractivity contribution in [1.29, 1.82) is 5.26 Å². The molecule has 0 saturated heterocycles. The lowest BCUT2D eigenvalue weighted by atomic mass is 10.0. The van der Waals surface area contributed by atoms with Gasteiger partial charge < -0.3 is 20.1 Å². The van der Waals surface area contributed by atoms with Crippen molar-refractivity contribution in [1.82, 2.24) is 9.97 Å². The van der Waals surface area contributed by atoms with Crippen molar-refractivity contribution in [3.8, 4) is 11.9 Å². The number of nitrogens with zero attached hydrogens (tertiary/aromatic N) is 3. The molecule has 188 valence electrons. The number of methoxy groups -OCH3 is 1. The molecule has 0 fully saturated rings. The summed E-state index contributed by atoms with van der Waals surface area (Å²) < 4.78 is 25.5. The number of nitriles is 1. The minimum Gasteiger partial charge on any atom is -0.481 e. The second-order valence-electron chi connectivity index (χ2n) is 9.19. The fourth-order valence-corrected chi connectivity index (χ4v) is 3.51. The number of hydrogen-bond acceptors (Lipinski definition) is 8. The summed E-state index contributed by atoms with van der Waals surface area (Å²) in [5.41, 5.74) is 1.06. The predicted molar refractivity (Wildman–Crippen MR) is 136 cm³/mol. The Bertz CT molecular complexity index is 1220. The van der Waals surface area contributed by atoms with Gasteiger partial charge in [0.25, 0.3) is 0 Å². The van der Waals surface area contributed by atoms with E-state index in [4.69, 9.17) is 9.47 Å². The van der Waals surface area contributed by atoms with E-state index in [9.17, 15) is 14.4 Å². The molecule has 3 rings (SSSR count). The van der Waals surface area contributed by atoms with Crippen molar-refractivity contribution in [2.75, 3.05) is 17.7 Å². The molecular weight excluding hydrogens is 461 g/mol. The Hall–Kier alpha value is -4.19. The minimum atomic E-state index is -0.667. The molecule has 9 heteroatoms. The van der Waals surface area contributed by atoms with E-state index in [1.807, 2.05) is 57.2 Å². The Morgan fingerprint density at radius 2 is 1.92 bits per heavy atom. The van der Waals surface area contributed by atoms with Crippen LogP contribution in [0, 0.1) is 17.1 Å². The summed E-state index contributed by atoms with van der Waals surface area (Å²) in [6.07, 6.45) is 2.63. The van der Waals surface area contributed by atoms with Gasteiger partial charge in [-0.25, -0.2) is 14.4 Å². The van der Waals surface area contributed by atoms with Crippen LogP contribution in [0.2, 0.25) is 0 Å². The van der Waals surface area contributed by atoms with Crippen molar-refractivity contribution in [3.05, 3.63) is 71.7 Å². The fraction of sp³-hybridized carbons (Fsp3) is 0.333. The van der Waals surface area contributed by atoms with E-state index in [2.05, 4.69) is 20.6 Å². The van der Waals surface area contributed by atoms with Gasteiger partial charge in [-0.2, -0.15) is 5.26 Å². The number of rotatable bonds is 10. The third kappa shape index (κ3) is 7.94. The summed E-state index contributed by atoms with van der Waals surface area (Å²) in [6.45, 7) is 5.44. The smallest absolute Gasteiger partial charge is 0.306 e. The van der Waals surface area contributed by atoms with Gasteiger partial charge in [-0.05, 0) is 51.3 Å². The van der Waals surface area contributed by atoms with Gasteiger partial charge in [0.1, 0.15) is 11.7 Å². The van der Waals surface area contributed by atoms with Crippen LogP contribution in [0.3, 0.4) is 0 Å². The normalized spacial score (nSPS) is 11.8. The third-order valence-electron chi connectivity index (χ3n) is 5.09. The highest BCUT2D eigenvalue weighted by Gasteiger charge is 2.21. The lowest BCUT2D eigenvalue weighted by molar-refractivity contribution is -0.154. The number of pyridine rings is 2. The molecule has 8 nitrogen and oxygen atoms in total. The van der Waals surface area contributed by atoms with E-state index < -0.39 is 11.4 Å². The van der Waals surface area contributed by atoms with E-state index in [-0.39, 0.29) is 35.6 Å². The number of anilines is 3. The van der Waals surface area contributed by atoms with E-state index in [1.54, 1.807) is 18.3 Å². The highest BCUT2D eigenvalue weighted by Crippen LogP contribution is 2.26. The zero-order chi connectivity index (χ0) is 26.1. The number of ether oxygens (including phenoxy) is 2. The summed E-state index contributed by atoms with van der Waals surface area (Å²) in [4.78, 5) is 20.7. The monoisotopic (exact) mass is 491 g/mol. The highest BCUT2D eigenvalue weighted by atomic mass is 19.1. The Labute approximate surface area is 210 Å². The number of aromatic nitrogens is 2. The van der Waals surface area contributed by atoms with Gasteiger partial charge in [0.2, 0.25) is 5.88 Å². The van der Waals surface area contributed by atoms with Gasteiger partial charge in [-0.1, -0.05) is 30.3 Å². The van der Waals surface area contributed by atoms with Crippen molar-refractivity contribution in [2.45, 2.75) is 51.7 Å². The quantitative estimate of drug-likeness (QED) is 0.364. The third-order valence-corrected chi connectivity index (χ3v) is 5.09. The molecule has 0 amide bonds. The average molecular weight is 492 g/mol. The molecule has 1 aromatic carbocycles. The first-order valence-electron chi connectivity index (χ1n) is 11.6. The number of nitrogens with one attached hydrogen (secondary N) is 2. The van der Waals surface area contributed by atoms with Crippen molar-refractivity contribution < 1.29 is 18.7 Å². The maximum atomic E-state index is 15.0. The predicted octanol–water partition coefficient (Wildman–Crippen LogP) is 5.38. The van der Waals surface area contributed by atoms with Gasteiger partial charge in [0.05, 0.1) is 12.7 Å². The molecule has 3 aromatic rings. The standard InChI is InChI=1S/C27H30FN5O3/c1-27(2,3)36-24(34)11-10-20(14-18-8-6-5-7-9-18)32-26-22(28)15-19(17-29)25(33-26)31-21-12-13-30-23(16-21)35-4/h5-9,12-13,15-16,20H,10-11,14H2,1-4H3,(H2,30,31,32,33)/t20-/m0/s1. The first-order valence-corrected chi connectivity index (χ1v) is 11.6. The molecule has 0 aliphatic rings. The molecule has 0 spiro atoms. The lowest BCUT2D eigenvalue weighted by Gasteiger charge is -2.23. The zero-order valence-electron chi connectivity index (χ0n) is 20.8. The molecule has 1 atom stereocenters. The molecule has 0 unspecified atom stereocenters. The number of benzene rings is 1. The largest absolute Gasteiger partial charge is 0.481 e. The molecule has 2 N–H and O–H groups in total. The Balaban J connectivity index is 1.84. The van der Waals surface area contributed by atoms with Crippen molar-refractivity contribution in [2.24, 2.45) is 0 Å². The summed E-state index contributed by atoms with van der Waals surface area (Å²) in [7, 11) is 1.50. The number of carbonyl (C=O) groups excluding carboxylic acids is 1. The van der Waals surface area contributed by atoms with Crippen LogP contribution >= 0.6 is 0 Å². The summed E-state index contributed by atoms with van der Waals surface area (Å²) >= 11 is 0. The number of halogens is 1. The Kier molecular flexibility index (Phi) is 8.79. The summed E-state index contributed by atoms with van der Waals surface area (Å²) in [5.74, 6) is -0.462. The first-order chi connectivity index (χ1) is 17.2. The molecule has 2 aromatic heterocycles. The molecule has 0 saturated carbocycles. The summed E-state index contributed by atoms with van der Waals surface area (Å²) in [6, 6.07) is 15.8. The molecule has 0 aliphatic heterocycles. The van der Waals surface area contributed by atoms with Crippen LogP contribution in [0.4, 0.5) is 21.7 Å². The van der Waals surface area contributed by atoms with Gasteiger partial charge >= 0.3 is 5.97 Å². The second-order valence-corrected chi connectivity index (χ2v) is 9.19. The number of esters is 1. The van der Waals surface area contributed by atoms with Gasteiger partial charge in [-0.3, -0.25) is 4.79 Å². The Morgan fingerprint density at radius 1 is 1.17 bits per heavy atom. The van der Waals surface area contributed by atoms with E-state index in [0.29, 0.717) is 24.4 Å². The molecule has 2 heterocycles.